The zero-order valence-corrected chi connectivity index (χ0v) is 19.4. The molecule has 1 atom stereocenters. The van der Waals surface area contributed by atoms with E-state index in [0.29, 0.717) is 49.9 Å². The Labute approximate surface area is 195 Å². The number of anilines is 1. The van der Waals surface area contributed by atoms with Crippen LogP contribution in [0, 0.1) is 6.92 Å². The van der Waals surface area contributed by atoms with Crippen molar-refractivity contribution in [2.24, 2.45) is 0 Å². The van der Waals surface area contributed by atoms with Crippen molar-refractivity contribution in [2.45, 2.75) is 31.0 Å². The van der Waals surface area contributed by atoms with Gasteiger partial charge < -0.3 is 24.6 Å². The van der Waals surface area contributed by atoms with Crippen molar-refractivity contribution in [3.05, 3.63) is 59.1 Å². The highest BCUT2D eigenvalue weighted by Gasteiger charge is 2.39. The predicted molar refractivity (Wildman–Crippen MR) is 127 cm³/mol. The molecule has 0 saturated carbocycles. The fraction of sp³-hybridized carbons (Fsp3) is 0.520. The monoisotopic (exact) mass is 460 g/mol. The Hall–Kier alpha value is -1.83. The van der Waals surface area contributed by atoms with Crippen LogP contribution in [0.3, 0.4) is 0 Å². The molecule has 6 nitrogen and oxygen atoms in total. The number of β-amino-alcohol motifs (C(OH)–C–C–N with tert-alkyl or cyclic N) is 2. The summed E-state index contributed by atoms with van der Waals surface area (Å²) in [7, 11) is 0. The average molecular weight is 461 g/mol. The van der Waals surface area contributed by atoms with E-state index in [1.807, 2.05) is 0 Å². The normalized spacial score (nSPS) is 24.2. The zero-order chi connectivity index (χ0) is 22.6. The van der Waals surface area contributed by atoms with Crippen LogP contribution in [0.4, 0.5) is 5.69 Å². The zero-order valence-electron chi connectivity index (χ0n) is 18.7. The Bertz CT molecular complexity index is 886. The fourth-order valence-corrected chi connectivity index (χ4v) is 4.67. The van der Waals surface area contributed by atoms with E-state index in [0.717, 1.165) is 13.1 Å². The van der Waals surface area contributed by atoms with Gasteiger partial charge in [-0.15, -0.1) is 0 Å². The number of hydrogen-bond acceptors (Lipinski definition) is 6. The van der Waals surface area contributed by atoms with Gasteiger partial charge >= 0.3 is 0 Å². The Morgan fingerprint density at radius 3 is 2.50 bits per heavy atom. The Morgan fingerprint density at radius 1 is 1.03 bits per heavy atom. The highest BCUT2D eigenvalue weighted by atomic mass is 35.5. The molecular formula is C25H33ClN2O4. The van der Waals surface area contributed by atoms with Gasteiger partial charge in [0.15, 0.2) is 0 Å². The number of aryl methyl sites for hydroxylation is 1. The molecule has 0 bridgehead atoms. The molecule has 2 aliphatic rings. The Kier molecular flexibility index (Phi) is 7.27. The molecular weight excluding hydrogens is 428 g/mol. The smallest absolute Gasteiger partial charge is 0.134 e. The summed E-state index contributed by atoms with van der Waals surface area (Å²) in [6.45, 7) is 6.15. The molecule has 0 amide bonds. The molecule has 2 heterocycles. The first-order valence-corrected chi connectivity index (χ1v) is 11.7. The van der Waals surface area contributed by atoms with Gasteiger partial charge in [-0.05, 0) is 61.7 Å². The Balaban J connectivity index is 1.33. The van der Waals surface area contributed by atoms with E-state index in [-0.39, 0.29) is 13.2 Å². The maximum atomic E-state index is 11.3. The summed E-state index contributed by atoms with van der Waals surface area (Å²) in [5.41, 5.74) is 0.536. The molecule has 0 unspecified atom stereocenters. The summed E-state index contributed by atoms with van der Waals surface area (Å²) in [5.74, 6) is 0.653. The van der Waals surface area contributed by atoms with Gasteiger partial charge in [-0.2, -0.15) is 0 Å². The summed E-state index contributed by atoms with van der Waals surface area (Å²) >= 11 is 5.93. The predicted octanol–water partition coefficient (Wildman–Crippen LogP) is 3.12. The van der Waals surface area contributed by atoms with Crippen molar-refractivity contribution in [3.8, 4) is 5.75 Å². The molecule has 2 aromatic rings. The highest BCUT2D eigenvalue weighted by molar-refractivity contribution is 6.30. The van der Waals surface area contributed by atoms with Gasteiger partial charge in [-0.1, -0.05) is 23.7 Å². The molecule has 0 radical (unpaired) electrons. The lowest BCUT2D eigenvalue weighted by molar-refractivity contribution is -0.0742. The van der Waals surface area contributed by atoms with Crippen molar-refractivity contribution in [1.82, 2.24) is 4.90 Å². The molecule has 32 heavy (non-hydrogen) atoms. The Morgan fingerprint density at radius 2 is 1.78 bits per heavy atom. The number of piperidine rings is 1. The minimum absolute atomic E-state index is 0.116. The molecule has 7 heteroatoms. The van der Waals surface area contributed by atoms with Crippen LogP contribution in [0.5, 0.6) is 5.75 Å². The summed E-state index contributed by atoms with van der Waals surface area (Å²) in [5, 5.41) is 23.1. The van der Waals surface area contributed by atoms with Crippen molar-refractivity contribution >= 4 is 17.3 Å². The largest absolute Gasteiger partial charge is 0.490 e. The van der Waals surface area contributed by atoms with Gasteiger partial charge in [-0.3, -0.25) is 4.90 Å². The molecule has 2 saturated heterocycles. The number of benzene rings is 2. The summed E-state index contributed by atoms with van der Waals surface area (Å²) in [4.78, 5) is 4.45. The van der Waals surface area contributed by atoms with Crippen molar-refractivity contribution in [2.75, 3.05) is 57.4 Å². The van der Waals surface area contributed by atoms with Crippen LogP contribution >= 0.6 is 11.6 Å². The number of rotatable bonds is 6. The standard InChI is InChI=1S/C25H33ClN2O4/c1-20-3-2-4-22(15-20)28-11-9-24(29,10-12-28)16-27-13-14-31-18-25(30,17-27)19-32-23-7-5-21(26)6-8-23/h2-8,15,29-30H,9-14,16-19H2,1H3/t25-/m0/s1. The van der Waals surface area contributed by atoms with Gasteiger partial charge in [0.2, 0.25) is 0 Å². The quantitative estimate of drug-likeness (QED) is 0.690. The molecule has 2 aromatic carbocycles. The van der Waals surface area contributed by atoms with Gasteiger partial charge in [0.05, 0.1) is 18.8 Å². The third-order valence-corrected chi connectivity index (χ3v) is 6.59. The van der Waals surface area contributed by atoms with Gasteiger partial charge in [0, 0.05) is 43.4 Å². The van der Waals surface area contributed by atoms with E-state index >= 15 is 0 Å². The lowest BCUT2D eigenvalue weighted by Gasteiger charge is -2.42. The number of halogens is 1. The van der Waals surface area contributed by atoms with Crippen molar-refractivity contribution in [3.63, 3.8) is 0 Å². The molecule has 2 fully saturated rings. The number of hydrogen-bond donors (Lipinski definition) is 2. The van der Waals surface area contributed by atoms with E-state index in [1.165, 1.54) is 11.3 Å². The first-order chi connectivity index (χ1) is 15.3. The van der Waals surface area contributed by atoms with E-state index in [4.69, 9.17) is 21.1 Å². The molecule has 174 valence electrons. The van der Waals surface area contributed by atoms with Gasteiger partial charge in [0.25, 0.3) is 0 Å². The first kappa shape index (κ1) is 23.3. The van der Waals surface area contributed by atoms with Crippen LogP contribution in [-0.4, -0.2) is 78.9 Å². The summed E-state index contributed by atoms with van der Waals surface area (Å²) in [6, 6.07) is 15.6. The highest BCUT2D eigenvalue weighted by Crippen LogP contribution is 2.29. The molecule has 0 aliphatic carbocycles. The lowest BCUT2D eigenvalue weighted by Crippen LogP contribution is -2.55. The SMILES string of the molecule is Cc1cccc(N2CCC(O)(CN3CCOC[C@](O)(COc4ccc(Cl)cc4)C3)CC2)c1. The van der Waals surface area contributed by atoms with Crippen LogP contribution in [0.1, 0.15) is 18.4 Å². The topological polar surface area (TPSA) is 65.4 Å². The summed E-state index contributed by atoms with van der Waals surface area (Å²) in [6.07, 6.45) is 1.38. The lowest BCUT2D eigenvalue weighted by atomic mass is 9.90. The fourth-order valence-electron chi connectivity index (χ4n) is 4.55. The van der Waals surface area contributed by atoms with Crippen molar-refractivity contribution in [1.29, 1.82) is 0 Å². The third kappa shape index (κ3) is 6.15. The van der Waals surface area contributed by atoms with Crippen LogP contribution in [0.2, 0.25) is 5.02 Å². The second-order valence-electron chi connectivity index (χ2n) is 9.28. The maximum absolute atomic E-state index is 11.3. The van der Waals surface area contributed by atoms with E-state index in [2.05, 4.69) is 41.0 Å². The molecule has 2 aliphatic heterocycles. The summed E-state index contributed by atoms with van der Waals surface area (Å²) < 4.78 is 11.5. The van der Waals surface area contributed by atoms with Crippen LogP contribution in [0.25, 0.3) is 0 Å². The van der Waals surface area contributed by atoms with Gasteiger partial charge in [-0.25, -0.2) is 0 Å². The maximum Gasteiger partial charge on any atom is 0.134 e. The van der Waals surface area contributed by atoms with Crippen molar-refractivity contribution < 1.29 is 19.7 Å². The second-order valence-corrected chi connectivity index (χ2v) is 9.72. The van der Waals surface area contributed by atoms with E-state index < -0.39 is 11.2 Å². The van der Waals surface area contributed by atoms with Crippen LogP contribution < -0.4 is 9.64 Å². The second kappa shape index (κ2) is 9.98. The van der Waals surface area contributed by atoms with Crippen LogP contribution in [-0.2, 0) is 4.74 Å². The third-order valence-electron chi connectivity index (χ3n) is 6.34. The minimum Gasteiger partial charge on any atom is -0.490 e. The number of ether oxygens (including phenoxy) is 2. The average Bonchev–Trinajstić information content (AvgIpc) is 2.95. The first-order valence-electron chi connectivity index (χ1n) is 11.3. The van der Waals surface area contributed by atoms with E-state index in [1.54, 1.807) is 24.3 Å². The molecule has 2 N–H and O–H groups in total. The molecule has 4 rings (SSSR count). The van der Waals surface area contributed by atoms with Crippen LogP contribution in [0.15, 0.2) is 48.5 Å². The number of nitrogens with zero attached hydrogens (tertiary/aromatic N) is 2. The van der Waals surface area contributed by atoms with E-state index in [9.17, 15) is 10.2 Å². The van der Waals surface area contributed by atoms with Gasteiger partial charge in [0.1, 0.15) is 18.0 Å². The molecule has 0 spiro atoms. The number of aliphatic hydroxyl groups is 2. The minimum atomic E-state index is -1.14. The molecule has 0 aromatic heterocycles.